The Balaban J connectivity index is 1.49. The van der Waals surface area contributed by atoms with E-state index in [2.05, 4.69) is 37.3 Å². The van der Waals surface area contributed by atoms with Crippen LogP contribution in [0.1, 0.15) is 83.3 Å². The zero-order valence-corrected chi connectivity index (χ0v) is 27.5. The van der Waals surface area contributed by atoms with Crippen molar-refractivity contribution in [2.75, 3.05) is 20.1 Å². The van der Waals surface area contributed by atoms with E-state index in [1.54, 1.807) is 30.3 Å². The standard InChI is InChI=1S/C38H40FN5O4/c1-4-6-15-42(16-7-5-2)38(47)33-23-35-44(41-33)34-13-12-26(28-18-29(36(45)40-3)20-30(39)19-28)22-32(34)37(46)43-24-27-11-9-8-10-25(27)21-31(43)14-17-48-35/h8-13,18-20,22-23,31,37,46H,4-7,15-16,21,24H2,1-3H3,(H,40,45). The van der Waals surface area contributed by atoms with E-state index in [1.807, 2.05) is 28.0 Å². The van der Waals surface area contributed by atoms with Gasteiger partial charge in [-0.3, -0.25) is 14.5 Å². The van der Waals surface area contributed by atoms with E-state index in [0.717, 1.165) is 36.8 Å². The van der Waals surface area contributed by atoms with Gasteiger partial charge in [-0.1, -0.05) is 57.0 Å². The number of nitrogens with zero attached hydrogens (tertiary/aromatic N) is 4. The minimum atomic E-state index is -1.15. The molecule has 0 radical (unpaired) electrons. The van der Waals surface area contributed by atoms with Gasteiger partial charge in [-0.15, -0.1) is 0 Å². The summed E-state index contributed by atoms with van der Waals surface area (Å²) in [4.78, 5) is 30.0. The van der Waals surface area contributed by atoms with Crippen LogP contribution < -0.4 is 10.1 Å². The quantitative estimate of drug-likeness (QED) is 0.221. The predicted molar refractivity (Wildman–Crippen MR) is 181 cm³/mol. The molecule has 3 aromatic carbocycles. The van der Waals surface area contributed by atoms with Crippen molar-refractivity contribution in [3.63, 3.8) is 0 Å². The lowest BCUT2D eigenvalue weighted by atomic mass is 9.92. The number of nitrogens with one attached hydrogen (secondary N) is 1. The van der Waals surface area contributed by atoms with Gasteiger partial charge in [-0.2, -0.15) is 9.78 Å². The van der Waals surface area contributed by atoms with Crippen molar-refractivity contribution in [3.05, 3.63) is 100 Å². The molecule has 2 N–H and O–H groups in total. The van der Waals surface area contributed by atoms with Crippen molar-refractivity contribution >= 4 is 11.8 Å². The molecule has 2 unspecified atom stereocenters. The lowest BCUT2D eigenvalue weighted by Crippen LogP contribution is -2.42. The number of aromatic nitrogens is 2. The zero-order chi connectivity index (χ0) is 33.8. The van der Waals surface area contributed by atoms with Gasteiger partial charge in [-0.05, 0) is 77.8 Å². The van der Waals surface area contributed by atoms with Gasteiger partial charge in [0.15, 0.2) is 5.69 Å². The van der Waals surface area contributed by atoms with Crippen LogP contribution in [0.5, 0.6) is 5.88 Å². The minimum Gasteiger partial charge on any atom is -0.387 e. The van der Waals surface area contributed by atoms with Crippen molar-refractivity contribution in [1.82, 2.24) is 24.9 Å². The molecular formula is C38H40FN5O4. The SMILES string of the molecule is CCCCN(CCCC)C(=O)c1cc2n(n1)-c1ccc(-c3cc(F)cc(C(=O)NC)c3)cc1C(O)N1Cc3ccccc3CC1C#CO2. The van der Waals surface area contributed by atoms with E-state index in [9.17, 15) is 19.1 Å². The highest BCUT2D eigenvalue weighted by Gasteiger charge is 2.34. The molecule has 9 nitrogen and oxygen atoms in total. The Morgan fingerprint density at radius 2 is 1.77 bits per heavy atom. The third-order valence-corrected chi connectivity index (χ3v) is 8.98. The Morgan fingerprint density at radius 3 is 2.50 bits per heavy atom. The van der Waals surface area contributed by atoms with Crippen LogP contribution in [-0.2, 0) is 13.0 Å². The van der Waals surface area contributed by atoms with Crippen LogP contribution in [0.3, 0.4) is 0 Å². The molecule has 10 heteroatoms. The fraction of sp³-hybridized carbons (Fsp3) is 0.342. The molecule has 2 atom stereocenters. The topological polar surface area (TPSA) is 99.9 Å². The lowest BCUT2D eigenvalue weighted by Gasteiger charge is -2.38. The summed E-state index contributed by atoms with van der Waals surface area (Å²) in [5.41, 5.74) is 4.63. The molecule has 2 aliphatic rings. The summed E-state index contributed by atoms with van der Waals surface area (Å²) in [6.45, 7) is 5.87. The first kappa shape index (κ1) is 32.9. The normalized spacial score (nSPS) is 16.6. The van der Waals surface area contributed by atoms with Gasteiger partial charge < -0.3 is 20.1 Å². The first-order valence-corrected chi connectivity index (χ1v) is 16.6. The maximum Gasteiger partial charge on any atom is 0.274 e. The number of unbranched alkanes of at least 4 members (excludes halogenated alkanes) is 2. The van der Waals surface area contributed by atoms with Crippen molar-refractivity contribution in [2.45, 2.75) is 64.8 Å². The van der Waals surface area contributed by atoms with Crippen LogP contribution in [-0.4, -0.2) is 62.7 Å². The summed E-state index contributed by atoms with van der Waals surface area (Å²) >= 11 is 0. The first-order chi connectivity index (χ1) is 23.3. The molecule has 0 bridgehead atoms. The van der Waals surface area contributed by atoms with Gasteiger partial charge in [0, 0.05) is 43.9 Å². The number of aliphatic hydroxyl groups is 1. The monoisotopic (exact) mass is 649 g/mol. The Morgan fingerprint density at radius 1 is 1.02 bits per heavy atom. The van der Waals surface area contributed by atoms with Crippen molar-refractivity contribution < 1.29 is 23.8 Å². The largest absolute Gasteiger partial charge is 0.387 e. The van der Waals surface area contributed by atoms with Crippen LogP contribution in [0.4, 0.5) is 4.39 Å². The van der Waals surface area contributed by atoms with E-state index in [4.69, 9.17) is 9.84 Å². The molecule has 0 saturated carbocycles. The summed E-state index contributed by atoms with van der Waals surface area (Å²) in [5, 5.41) is 19.5. The molecule has 6 rings (SSSR count). The summed E-state index contributed by atoms with van der Waals surface area (Å²) in [5.74, 6) is 2.27. The fourth-order valence-corrected chi connectivity index (χ4v) is 6.32. The molecule has 3 heterocycles. The predicted octanol–water partition coefficient (Wildman–Crippen LogP) is 5.85. The third kappa shape index (κ3) is 6.70. The second-order valence-electron chi connectivity index (χ2n) is 12.2. The molecule has 0 saturated heterocycles. The Hall–Kier alpha value is -4.98. The first-order valence-electron chi connectivity index (χ1n) is 16.6. The average Bonchev–Trinajstić information content (AvgIpc) is 3.53. The molecule has 1 aromatic heterocycles. The van der Waals surface area contributed by atoms with Gasteiger partial charge in [0.2, 0.25) is 5.88 Å². The van der Waals surface area contributed by atoms with Crippen LogP contribution >= 0.6 is 0 Å². The number of benzene rings is 3. The molecule has 0 fully saturated rings. The highest BCUT2D eigenvalue weighted by Crippen LogP contribution is 2.37. The van der Waals surface area contributed by atoms with Crippen LogP contribution in [0.25, 0.3) is 16.8 Å². The number of ether oxygens (including phenoxy) is 1. The van der Waals surface area contributed by atoms with Crippen LogP contribution in [0.15, 0.2) is 66.7 Å². The number of aliphatic hydroxyl groups excluding tert-OH is 1. The van der Waals surface area contributed by atoms with Gasteiger partial charge in [0.1, 0.15) is 18.2 Å². The van der Waals surface area contributed by atoms with E-state index < -0.39 is 18.0 Å². The Kier molecular flexibility index (Phi) is 9.90. The van der Waals surface area contributed by atoms with Crippen LogP contribution in [0, 0.1) is 17.8 Å². The van der Waals surface area contributed by atoms with E-state index in [1.165, 1.54) is 23.9 Å². The second kappa shape index (κ2) is 14.4. The molecular weight excluding hydrogens is 609 g/mol. The van der Waals surface area contributed by atoms with E-state index in [0.29, 0.717) is 48.4 Å². The molecule has 48 heavy (non-hydrogen) atoms. The van der Waals surface area contributed by atoms with Crippen LogP contribution in [0.2, 0.25) is 0 Å². The molecule has 2 amide bonds. The van der Waals surface area contributed by atoms with Gasteiger partial charge in [0.25, 0.3) is 11.8 Å². The number of hydrogen-bond acceptors (Lipinski definition) is 6. The Bertz CT molecular complexity index is 1890. The molecule has 248 valence electrons. The zero-order valence-electron chi connectivity index (χ0n) is 27.5. The van der Waals surface area contributed by atoms with E-state index >= 15 is 0 Å². The molecule has 4 aromatic rings. The lowest BCUT2D eigenvalue weighted by molar-refractivity contribution is -0.0250. The van der Waals surface area contributed by atoms with Crippen molar-refractivity contribution in [1.29, 1.82) is 0 Å². The number of hydrogen-bond donors (Lipinski definition) is 2. The summed E-state index contributed by atoms with van der Waals surface area (Å²) in [7, 11) is 1.49. The summed E-state index contributed by atoms with van der Waals surface area (Å²) in [6, 6.07) is 18.8. The van der Waals surface area contributed by atoms with Gasteiger partial charge >= 0.3 is 0 Å². The van der Waals surface area contributed by atoms with Gasteiger partial charge in [-0.25, -0.2) is 4.39 Å². The molecule has 0 spiro atoms. The van der Waals surface area contributed by atoms with Gasteiger partial charge in [0.05, 0.1) is 11.7 Å². The maximum atomic E-state index is 14.8. The number of carbonyl (C=O) groups excluding carboxylic acids is 2. The average molecular weight is 650 g/mol. The number of carbonyl (C=O) groups is 2. The Labute approximate surface area is 280 Å². The number of fused-ring (bicyclic) bond motifs is 5. The van der Waals surface area contributed by atoms with Crippen molar-refractivity contribution in [3.8, 4) is 34.7 Å². The smallest absolute Gasteiger partial charge is 0.274 e. The molecule has 0 aliphatic carbocycles. The number of halogens is 1. The number of amides is 2. The molecule has 2 aliphatic heterocycles. The maximum absolute atomic E-state index is 14.8. The second-order valence-corrected chi connectivity index (χ2v) is 12.2. The summed E-state index contributed by atoms with van der Waals surface area (Å²) < 4.78 is 22.3. The van der Waals surface area contributed by atoms with Crippen molar-refractivity contribution in [2.24, 2.45) is 0 Å². The van der Waals surface area contributed by atoms with E-state index in [-0.39, 0.29) is 29.1 Å². The summed E-state index contributed by atoms with van der Waals surface area (Å²) in [6.07, 6.45) is 5.93. The minimum absolute atomic E-state index is 0.178. The highest BCUT2D eigenvalue weighted by atomic mass is 19.1. The fourth-order valence-electron chi connectivity index (χ4n) is 6.32. The third-order valence-electron chi connectivity index (χ3n) is 8.98. The highest BCUT2D eigenvalue weighted by molar-refractivity contribution is 5.95. The number of rotatable bonds is 9.